The van der Waals surface area contributed by atoms with Crippen LogP contribution in [0.5, 0.6) is 0 Å². The average molecular weight is 608 g/mol. The Morgan fingerprint density at radius 2 is 1.47 bits per heavy atom. The van der Waals surface area contributed by atoms with E-state index in [1.54, 1.807) is 4.90 Å². The number of aromatic nitrogens is 2. The minimum atomic E-state index is -0.653. The van der Waals surface area contributed by atoms with E-state index in [-0.39, 0.29) is 12.4 Å². The van der Waals surface area contributed by atoms with Crippen LogP contribution in [0.4, 0.5) is 21.0 Å². The molecule has 0 bridgehead atoms. The molecule has 0 unspecified atom stereocenters. The summed E-state index contributed by atoms with van der Waals surface area (Å²) < 4.78 is 13.4. The van der Waals surface area contributed by atoms with Crippen molar-refractivity contribution in [2.24, 2.45) is 5.73 Å². The lowest BCUT2D eigenvalue weighted by molar-refractivity contribution is -0.538. The highest BCUT2D eigenvalue weighted by molar-refractivity contribution is 5.94. The number of nitrogens with zero attached hydrogens (tertiary/aromatic N) is 3. The van der Waals surface area contributed by atoms with E-state index in [1.807, 2.05) is 110 Å². The van der Waals surface area contributed by atoms with Crippen molar-refractivity contribution in [1.29, 1.82) is 0 Å². The molecule has 0 aliphatic heterocycles. The minimum Gasteiger partial charge on any atom is -1.00 e. The molecule has 2 amide bonds. The first-order chi connectivity index (χ1) is 19.7. The Labute approximate surface area is 259 Å². The molecule has 4 aromatic rings. The number of amides is 2. The molecule has 0 spiro atoms. The third-order valence-corrected chi connectivity index (χ3v) is 6.48. The predicted molar refractivity (Wildman–Crippen MR) is 167 cm³/mol. The van der Waals surface area contributed by atoms with Gasteiger partial charge in [0, 0.05) is 30.8 Å². The molecule has 0 atom stereocenters. The second-order valence-electron chi connectivity index (χ2n) is 12.5. The zero-order valence-corrected chi connectivity index (χ0v) is 27.0. The average Bonchev–Trinajstić information content (AvgIpc) is 2.87. The van der Waals surface area contributed by atoms with E-state index < -0.39 is 23.4 Å². The summed E-state index contributed by atoms with van der Waals surface area (Å²) >= 11 is 0. The molecule has 1 heterocycles. The minimum absolute atomic E-state index is 0. The van der Waals surface area contributed by atoms with Gasteiger partial charge in [0.15, 0.2) is 0 Å². The van der Waals surface area contributed by atoms with Crippen molar-refractivity contribution in [3.63, 3.8) is 0 Å². The lowest BCUT2D eigenvalue weighted by atomic mass is 10.1. The van der Waals surface area contributed by atoms with Crippen molar-refractivity contribution in [2.45, 2.75) is 73.0 Å². The molecule has 4 rings (SSSR count). The van der Waals surface area contributed by atoms with Gasteiger partial charge in [0.1, 0.15) is 22.2 Å². The molecule has 230 valence electrons. The number of hydrogen-bond acceptors (Lipinski definition) is 6. The predicted octanol–water partition coefficient (Wildman–Crippen LogP) is 3.72. The molecule has 0 aliphatic carbocycles. The summed E-state index contributed by atoms with van der Waals surface area (Å²) in [7, 11) is 0. The number of halogens is 1. The summed E-state index contributed by atoms with van der Waals surface area (Å²) in [4.78, 5) is 32.7. The van der Waals surface area contributed by atoms with Gasteiger partial charge in [-0.25, -0.2) is 14.6 Å². The zero-order chi connectivity index (χ0) is 30.8. The molecule has 0 saturated heterocycles. The summed E-state index contributed by atoms with van der Waals surface area (Å²) in [6, 6.07) is 17.8. The number of ether oxygens (including phenoxy) is 2. The monoisotopic (exact) mass is 607 g/mol. The van der Waals surface area contributed by atoms with Crippen LogP contribution in [0, 0.1) is 13.8 Å². The third kappa shape index (κ3) is 8.12. The second-order valence-corrected chi connectivity index (χ2v) is 12.5. The molecule has 0 fully saturated rings. The number of hydrogen-bond donors (Lipinski definition) is 2. The number of nitrogens with two attached hydrogens (primary N) is 1. The Morgan fingerprint density at radius 3 is 2.05 bits per heavy atom. The Bertz CT molecular complexity index is 1630. The number of carbonyl (C=O) groups excluding carboxylic acids is 2. The second kappa shape index (κ2) is 13.1. The van der Waals surface area contributed by atoms with Crippen LogP contribution >= 0.6 is 0 Å². The van der Waals surface area contributed by atoms with Crippen LogP contribution in [0.25, 0.3) is 27.8 Å². The van der Waals surface area contributed by atoms with Crippen molar-refractivity contribution in [2.75, 3.05) is 23.3 Å². The summed E-state index contributed by atoms with van der Waals surface area (Å²) in [6.07, 6.45) is -0.349. The van der Waals surface area contributed by atoms with Gasteiger partial charge in [-0.2, -0.15) is 0 Å². The number of rotatable bonds is 6. The third-order valence-electron chi connectivity index (χ3n) is 6.48. The SMILES string of the molecule is Cc1cc2nc3cc(C)c(N(CCCN)C(=O)OC(C)(C)C)cc3[n+](-c3ccccc3)c2cc1NC(=O)OC(C)(C)C.[Cl-]. The molecule has 0 aliphatic rings. The summed E-state index contributed by atoms with van der Waals surface area (Å²) in [5.41, 5.74) is 11.6. The number of nitrogens with one attached hydrogen (secondary N) is 1. The van der Waals surface area contributed by atoms with Crippen molar-refractivity contribution in [1.82, 2.24) is 4.98 Å². The summed E-state index contributed by atoms with van der Waals surface area (Å²) in [5.74, 6) is 0. The van der Waals surface area contributed by atoms with Gasteiger partial charge in [0.25, 0.3) is 0 Å². The highest BCUT2D eigenvalue weighted by Crippen LogP contribution is 2.30. The van der Waals surface area contributed by atoms with E-state index in [9.17, 15) is 9.59 Å². The Hall–Kier alpha value is -3.95. The van der Waals surface area contributed by atoms with Gasteiger partial charge in [-0.15, -0.1) is 4.57 Å². The fourth-order valence-electron chi connectivity index (χ4n) is 4.72. The molecular formula is C33H42ClN5O4. The van der Waals surface area contributed by atoms with Crippen LogP contribution in [0.2, 0.25) is 0 Å². The molecule has 0 radical (unpaired) electrons. The highest BCUT2D eigenvalue weighted by atomic mass is 35.5. The number of para-hydroxylation sites is 1. The van der Waals surface area contributed by atoms with E-state index in [4.69, 9.17) is 20.2 Å². The van der Waals surface area contributed by atoms with E-state index in [0.717, 1.165) is 44.6 Å². The first-order valence-corrected chi connectivity index (χ1v) is 14.2. The normalized spacial score (nSPS) is 11.7. The Morgan fingerprint density at radius 1 is 0.884 bits per heavy atom. The maximum absolute atomic E-state index is 13.4. The molecule has 9 nitrogen and oxygen atoms in total. The standard InChI is InChI=1S/C33H41N5O4.ClH/c1-21-17-25-28(19-24(21)36-30(39)41-32(3,4)5)38(23-13-10-9-11-14-23)29-20-27(22(2)18-26(29)35-25)37(16-12-15-34)31(40)42-33(6,7)8;/h9-11,13-14,17-20H,12,15-16,34H2,1-8H3;1H. The summed E-state index contributed by atoms with van der Waals surface area (Å²) in [6.45, 7) is 15.8. The quantitative estimate of drug-likeness (QED) is 0.255. The molecule has 43 heavy (non-hydrogen) atoms. The van der Waals surface area contributed by atoms with Gasteiger partial charge in [-0.3, -0.25) is 10.2 Å². The van der Waals surface area contributed by atoms with E-state index in [1.165, 1.54) is 0 Å². The van der Waals surface area contributed by atoms with Crippen LogP contribution in [0.1, 0.15) is 59.1 Å². The maximum Gasteiger partial charge on any atom is 0.414 e. The van der Waals surface area contributed by atoms with Crippen LogP contribution in [-0.2, 0) is 9.47 Å². The Kier molecular flexibility index (Phi) is 10.3. The fourth-order valence-corrected chi connectivity index (χ4v) is 4.72. The van der Waals surface area contributed by atoms with Gasteiger partial charge in [-0.1, -0.05) is 18.2 Å². The van der Waals surface area contributed by atoms with Crippen molar-refractivity contribution < 1.29 is 36.0 Å². The lowest BCUT2D eigenvalue weighted by Gasteiger charge is -2.28. The van der Waals surface area contributed by atoms with Crippen molar-refractivity contribution >= 4 is 45.6 Å². The van der Waals surface area contributed by atoms with Crippen LogP contribution in [0.3, 0.4) is 0 Å². The molecule has 0 saturated carbocycles. The molecule has 1 aromatic heterocycles. The molecular weight excluding hydrogens is 566 g/mol. The number of aryl methyl sites for hydroxylation is 2. The Balaban J connectivity index is 0.00000506. The van der Waals surface area contributed by atoms with E-state index in [2.05, 4.69) is 9.88 Å². The van der Waals surface area contributed by atoms with Crippen LogP contribution < -0.4 is 32.9 Å². The van der Waals surface area contributed by atoms with E-state index >= 15 is 0 Å². The topological polar surface area (TPSA) is 111 Å². The number of benzene rings is 3. The fraction of sp³-hybridized carbons (Fsp3) is 0.394. The maximum atomic E-state index is 13.4. The van der Waals surface area contributed by atoms with Crippen molar-refractivity contribution in [3.8, 4) is 5.69 Å². The summed E-state index contributed by atoms with van der Waals surface area (Å²) in [5, 5.41) is 2.90. The van der Waals surface area contributed by atoms with Gasteiger partial charge in [0.2, 0.25) is 16.7 Å². The largest absolute Gasteiger partial charge is 1.00 e. The van der Waals surface area contributed by atoms with Gasteiger partial charge >= 0.3 is 12.2 Å². The van der Waals surface area contributed by atoms with E-state index in [0.29, 0.717) is 25.2 Å². The molecule has 3 aromatic carbocycles. The highest BCUT2D eigenvalue weighted by Gasteiger charge is 2.28. The molecule has 3 N–H and O–H groups in total. The first kappa shape index (κ1) is 33.6. The van der Waals surface area contributed by atoms with Crippen LogP contribution in [0.15, 0.2) is 54.6 Å². The smallest absolute Gasteiger partial charge is 0.414 e. The zero-order valence-electron chi connectivity index (χ0n) is 26.2. The number of carbonyl (C=O) groups is 2. The molecule has 10 heteroatoms. The van der Waals surface area contributed by atoms with Gasteiger partial charge in [-0.05, 0) is 91.6 Å². The van der Waals surface area contributed by atoms with Gasteiger partial charge in [0.05, 0.1) is 11.4 Å². The van der Waals surface area contributed by atoms with Gasteiger partial charge < -0.3 is 27.6 Å². The number of fused-ring (bicyclic) bond motifs is 2. The first-order valence-electron chi connectivity index (χ1n) is 14.2. The lowest BCUT2D eigenvalue weighted by Crippen LogP contribution is -3.00. The number of anilines is 2. The van der Waals surface area contributed by atoms with Crippen molar-refractivity contribution in [3.05, 3.63) is 65.7 Å². The van der Waals surface area contributed by atoms with Crippen LogP contribution in [-0.4, -0.2) is 41.5 Å².